The molecule has 29 heavy (non-hydrogen) atoms. The van der Waals surface area contributed by atoms with Crippen LogP contribution in [-0.2, 0) is 4.79 Å². The molecule has 148 valence electrons. The van der Waals surface area contributed by atoms with Crippen LogP contribution in [0.15, 0.2) is 51.8 Å². The van der Waals surface area contributed by atoms with Crippen molar-refractivity contribution in [1.82, 2.24) is 10.2 Å². The van der Waals surface area contributed by atoms with Crippen molar-refractivity contribution in [2.24, 2.45) is 0 Å². The van der Waals surface area contributed by atoms with E-state index in [4.69, 9.17) is 21.7 Å². The molecule has 1 saturated heterocycles. The fraction of sp³-hybridized carbons (Fsp3) is 0.150. The van der Waals surface area contributed by atoms with E-state index in [1.165, 1.54) is 16.7 Å². The molecule has 0 spiro atoms. The van der Waals surface area contributed by atoms with Gasteiger partial charge in [-0.05, 0) is 48.0 Å². The minimum atomic E-state index is -0.196. The van der Waals surface area contributed by atoms with Gasteiger partial charge in [-0.3, -0.25) is 14.5 Å². The number of thiocarbonyl (C=S) groups is 1. The molecule has 2 aliphatic rings. The quantitative estimate of drug-likeness (QED) is 0.507. The molecule has 2 heterocycles. The molecule has 1 N–H and O–H groups in total. The molecule has 0 radical (unpaired) electrons. The number of ether oxygens (including phenoxy) is 2. The third-order valence-electron chi connectivity index (χ3n) is 4.30. The highest BCUT2D eigenvalue weighted by atomic mass is 79.9. The van der Waals surface area contributed by atoms with Gasteiger partial charge in [0, 0.05) is 23.1 Å². The first-order valence-electron chi connectivity index (χ1n) is 8.70. The van der Waals surface area contributed by atoms with Gasteiger partial charge < -0.3 is 14.8 Å². The number of nitrogens with one attached hydrogen (secondary N) is 1. The SMILES string of the molecule is O=C(NCCN1C(=O)/C(=C/c2ccc3c(c2)OCO3)SC1=S)c1ccc(Br)cc1. The molecule has 0 unspecified atom stereocenters. The summed E-state index contributed by atoms with van der Waals surface area (Å²) in [5, 5.41) is 2.81. The van der Waals surface area contributed by atoms with Crippen molar-refractivity contribution < 1.29 is 19.1 Å². The fourth-order valence-electron chi connectivity index (χ4n) is 2.83. The van der Waals surface area contributed by atoms with Crippen LogP contribution in [0.25, 0.3) is 6.08 Å². The summed E-state index contributed by atoms with van der Waals surface area (Å²) in [7, 11) is 0. The number of fused-ring (bicyclic) bond motifs is 1. The lowest BCUT2D eigenvalue weighted by Gasteiger charge is -2.14. The van der Waals surface area contributed by atoms with Crippen molar-refractivity contribution in [3.63, 3.8) is 0 Å². The largest absolute Gasteiger partial charge is 0.454 e. The van der Waals surface area contributed by atoms with E-state index in [1.807, 2.05) is 18.2 Å². The summed E-state index contributed by atoms with van der Waals surface area (Å²) in [5.74, 6) is 0.982. The average Bonchev–Trinajstić information content (AvgIpc) is 3.27. The first kappa shape index (κ1) is 19.9. The van der Waals surface area contributed by atoms with Crippen LogP contribution in [0.5, 0.6) is 11.5 Å². The lowest BCUT2D eigenvalue weighted by molar-refractivity contribution is -0.122. The first-order chi connectivity index (χ1) is 14.0. The van der Waals surface area contributed by atoms with Gasteiger partial charge >= 0.3 is 0 Å². The number of amides is 2. The maximum absolute atomic E-state index is 12.7. The van der Waals surface area contributed by atoms with Gasteiger partial charge in [-0.25, -0.2) is 0 Å². The van der Waals surface area contributed by atoms with Gasteiger partial charge in [-0.2, -0.15) is 0 Å². The molecular formula is C20H15BrN2O4S2. The van der Waals surface area contributed by atoms with Gasteiger partial charge in [0.25, 0.3) is 11.8 Å². The third-order valence-corrected chi connectivity index (χ3v) is 6.20. The molecule has 0 saturated carbocycles. The highest BCUT2D eigenvalue weighted by molar-refractivity contribution is 9.10. The van der Waals surface area contributed by atoms with E-state index >= 15 is 0 Å². The van der Waals surface area contributed by atoms with Crippen LogP contribution >= 0.6 is 39.9 Å². The van der Waals surface area contributed by atoms with E-state index in [0.29, 0.717) is 39.4 Å². The van der Waals surface area contributed by atoms with Crippen molar-refractivity contribution in [3.8, 4) is 11.5 Å². The Hall–Kier alpha value is -2.36. The van der Waals surface area contributed by atoms with Crippen LogP contribution in [0.3, 0.4) is 0 Å². The molecule has 0 aliphatic carbocycles. The van der Waals surface area contributed by atoms with E-state index < -0.39 is 0 Å². The van der Waals surface area contributed by atoms with Crippen LogP contribution in [-0.4, -0.2) is 40.9 Å². The summed E-state index contributed by atoms with van der Waals surface area (Å²) in [6.45, 7) is 0.816. The summed E-state index contributed by atoms with van der Waals surface area (Å²) in [5.41, 5.74) is 1.39. The van der Waals surface area contributed by atoms with Crippen LogP contribution in [0, 0.1) is 0 Å². The summed E-state index contributed by atoms with van der Waals surface area (Å²) in [6.07, 6.45) is 1.78. The second-order valence-electron chi connectivity index (χ2n) is 6.21. The second kappa shape index (κ2) is 8.56. The predicted octanol–water partition coefficient (Wildman–Crippen LogP) is 3.81. The number of carbonyl (C=O) groups excluding carboxylic acids is 2. The Labute approximate surface area is 185 Å². The lowest BCUT2D eigenvalue weighted by Crippen LogP contribution is -2.37. The van der Waals surface area contributed by atoms with Crippen molar-refractivity contribution in [2.45, 2.75) is 0 Å². The number of carbonyl (C=O) groups is 2. The van der Waals surface area contributed by atoms with Crippen molar-refractivity contribution >= 4 is 62.1 Å². The zero-order valence-corrected chi connectivity index (χ0v) is 18.2. The lowest BCUT2D eigenvalue weighted by atomic mass is 10.2. The molecule has 2 amide bonds. The van der Waals surface area contributed by atoms with Crippen LogP contribution in [0.4, 0.5) is 0 Å². The molecule has 0 bridgehead atoms. The Morgan fingerprint density at radius 3 is 2.76 bits per heavy atom. The summed E-state index contributed by atoms with van der Waals surface area (Å²) >= 11 is 9.93. The Morgan fingerprint density at radius 2 is 1.97 bits per heavy atom. The number of hydrogen-bond donors (Lipinski definition) is 1. The average molecular weight is 491 g/mol. The molecule has 1 fully saturated rings. The van der Waals surface area contributed by atoms with E-state index in [9.17, 15) is 9.59 Å². The van der Waals surface area contributed by atoms with Gasteiger partial charge in [0.05, 0.1) is 4.91 Å². The Morgan fingerprint density at radius 1 is 1.21 bits per heavy atom. The molecule has 2 aromatic carbocycles. The van der Waals surface area contributed by atoms with Gasteiger partial charge in [0.1, 0.15) is 4.32 Å². The fourth-order valence-corrected chi connectivity index (χ4v) is 4.40. The van der Waals surface area contributed by atoms with Crippen LogP contribution in [0.1, 0.15) is 15.9 Å². The van der Waals surface area contributed by atoms with E-state index in [-0.39, 0.29) is 18.6 Å². The van der Waals surface area contributed by atoms with E-state index in [1.54, 1.807) is 30.3 Å². The molecule has 9 heteroatoms. The third kappa shape index (κ3) is 4.47. The first-order valence-corrected chi connectivity index (χ1v) is 10.7. The molecule has 0 aromatic heterocycles. The Kier molecular flexibility index (Phi) is 5.89. The maximum Gasteiger partial charge on any atom is 0.266 e. The highest BCUT2D eigenvalue weighted by Gasteiger charge is 2.31. The Balaban J connectivity index is 1.37. The summed E-state index contributed by atoms with van der Waals surface area (Å²) in [6, 6.07) is 12.6. The number of thioether (sulfide) groups is 1. The van der Waals surface area contributed by atoms with E-state index in [2.05, 4.69) is 21.2 Å². The summed E-state index contributed by atoms with van der Waals surface area (Å²) < 4.78 is 12.0. The van der Waals surface area contributed by atoms with Gasteiger partial charge in [0.15, 0.2) is 11.5 Å². The number of benzene rings is 2. The minimum Gasteiger partial charge on any atom is -0.454 e. The van der Waals surface area contributed by atoms with Gasteiger partial charge in [-0.15, -0.1) is 0 Å². The van der Waals surface area contributed by atoms with E-state index in [0.717, 1.165) is 10.0 Å². The standard InChI is InChI=1S/C20H15BrN2O4S2/c21-14-4-2-13(3-5-14)18(24)22-7-8-23-19(25)17(29-20(23)28)10-12-1-6-15-16(9-12)27-11-26-15/h1-6,9-10H,7-8,11H2,(H,22,24)/b17-10-. The predicted molar refractivity (Wildman–Crippen MR) is 119 cm³/mol. The number of hydrogen-bond acceptors (Lipinski definition) is 6. The van der Waals surface area contributed by atoms with Crippen LogP contribution in [0.2, 0.25) is 0 Å². The smallest absolute Gasteiger partial charge is 0.266 e. The van der Waals surface area contributed by atoms with Crippen LogP contribution < -0.4 is 14.8 Å². The molecule has 6 nitrogen and oxygen atoms in total. The normalized spacial score (nSPS) is 16.6. The zero-order valence-electron chi connectivity index (χ0n) is 15.0. The van der Waals surface area contributed by atoms with Crippen molar-refractivity contribution in [1.29, 1.82) is 0 Å². The molecular weight excluding hydrogens is 476 g/mol. The molecule has 2 aliphatic heterocycles. The summed E-state index contributed by atoms with van der Waals surface area (Å²) in [4.78, 5) is 26.9. The Bertz CT molecular complexity index is 1020. The van der Waals surface area contributed by atoms with Gasteiger partial charge in [-0.1, -0.05) is 46.0 Å². The molecule has 0 atom stereocenters. The number of nitrogens with zero attached hydrogens (tertiary/aromatic N) is 1. The maximum atomic E-state index is 12.7. The van der Waals surface area contributed by atoms with Crippen molar-refractivity contribution in [3.05, 3.63) is 63.0 Å². The topological polar surface area (TPSA) is 67.9 Å². The number of halogens is 1. The highest BCUT2D eigenvalue weighted by Crippen LogP contribution is 2.36. The second-order valence-corrected chi connectivity index (χ2v) is 8.80. The zero-order chi connectivity index (χ0) is 20.4. The monoisotopic (exact) mass is 490 g/mol. The molecule has 4 rings (SSSR count). The number of rotatable bonds is 5. The van der Waals surface area contributed by atoms with Crippen molar-refractivity contribution in [2.75, 3.05) is 19.9 Å². The van der Waals surface area contributed by atoms with Gasteiger partial charge in [0.2, 0.25) is 6.79 Å². The molecule has 2 aromatic rings. The minimum absolute atomic E-state index is 0.171.